The Labute approximate surface area is 182 Å². The summed E-state index contributed by atoms with van der Waals surface area (Å²) in [6, 6.07) is 20.1. The van der Waals surface area contributed by atoms with Crippen molar-refractivity contribution in [1.82, 2.24) is 0 Å². The maximum Gasteiger partial charge on any atom is 0.255 e. The van der Waals surface area contributed by atoms with Crippen LogP contribution in [0.5, 0.6) is 5.75 Å². The summed E-state index contributed by atoms with van der Waals surface area (Å²) in [6.45, 7) is 5.96. The zero-order chi connectivity index (χ0) is 22.1. The highest BCUT2D eigenvalue weighted by Crippen LogP contribution is 2.39. The maximum atomic E-state index is 13.9. The van der Waals surface area contributed by atoms with E-state index < -0.39 is 6.04 Å². The van der Waals surface area contributed by atoms with Crippen LogP contribution in [0.3, 0.4) is 0 Å². The zero-order valence-electron chi connectivity index (χ0n) is 18.3. The van der Waals surface area contributed by atoms with Gasteiger partial charge in [0.05, 0.1) is 12.8 Å². The normalized spacial score (nSPS) is 16.6. The Bertz CT molecular complexity index is 1140. The Morgan fingerprint density at radius 3 is 2.23 bits per heavy atom. The van der Waals surface area contributed by atoms with Crippen molar-refractivity contribution in [3.8, 4) is 5.75 Å². The van der Waals surface area contributed by atoms with E-state index >= 15 is 0 Å². The van der Waals surface area contributed by atoms with Gasteiger partial charge in [0.25, 0.3) is 5.91 Å². The average Bonchev–Trinajstić information content (AvgIpc) is 2.77. The van der Waals surface area contributed by atoms with Crippen LogP contribution in [0.25, 0.3) is 0 Å². The van der Waals surface area contributed by atoms with Gasteiger partial charge in [0.1, 0.15) is 18.3 Å². The Morgan fingerprint density at radius 2 is 1.52 bits per heavy atom. The van der Waals surface area contributed by atoms with Gasteiger partial charge in [-0.05, 0) is 55.7 Å². The van der Waals surface area contributed by atoms with Crippen molar-refractivity contribution < 1.29 is 14.3 Å². The van der Waals surface area contributed by atoms with E-state index in [1.54, 1.807) is 23.0 Å². The molecule has 0 spiro atoms. The molecule has 31 heavy (non-hydrogen) atoms. The summed E-state index contributed by atoms with van der Waals surface area (Å²) >= 11 is 0. The molecule has 3 aromatic rings. The molecule has 0 saturated carbocycles. The van der Waals surface area contributed by atoms with Crippen molar-refractivity contribution in [3.63, 3.8) is 0 Å². The third kappa shape index (κ3) is 3.67. The molecule has 1 aliphatic heterocycles. The number of piperazine rings is 1. The van der Waals surface area contributed by atoms with Crippen LogP contribution >= 0.6 is 0 Å². The summed E-state index contributed by atoms with van der Waals surface area (Å²) in [5.74, 6) is 0.264. The molecule has 5 nitrogen and oxygen atoms in total. The number of ether oxygens (including phenoxy) is 1. The topological polar surface area (TPSA) is 49.9 Å². The second-order valence-electron chi connectivity index (χ2n) is 7.89. The minimum Gasteiger partial charge on any atom is -0.495 e. The van der Waals surface area contributed by atoms with E-state index in [2.05, 4.69) is 0 Å². The van der Waals surface area contributed by atoms with Gasteiger partial charge in [-0.3, -0.25) is 14.5 Å². The second-order valence-corrected chi connectivity index (χ2v) is 7.89. The highest BCUT2D eigenvalue weighted by molar-refractivity contribution is 6.15. The molecule has 5 heteroatoms. The summed E-state index contributed by atoms with van der Waals surface area (Å²) in [5, 5.41) is 0. The smallest absolute Gasteiger partial charge is 0.255 e. The third-order valence-corrected chi connectivity index (χ3v) is 5.92. The highest BCUT2D eigenvalue weighted by Gasteiger charge is 2.43. The Morgan fingerprint density at radius 1 is 0.839 bits per heavy atom. The van der Waals surface area contributed by atoms with Crippen molar-refractivity contribution >= 4 is 23.2 Å². The molecule has 0 unspecified atom stereocenters. The molecule has 0 bridgehead atoms. The van der Waals surface area contributed by atoms with E-state index in [1.807, 2.05) is 81.4 Å². The predicted molar refractivity (Wildman–Crippen MR) is 123 cm³/mol. The number of methoxy groups -OCH3 is 1. The number of anilines is 2. The lowest BCUT2D eigenvalue weighted by Gasteiger charge is -2.41. The number of nitrogens with zero attached hydrogens (tertiary/aromatic N) is 2. The van der Waals surface area contributed by atoms with Crippen molar-refractivity contribution in [1.29, 1.82) is 0 Å². The van der Waals surface area contributed by atoms with Gasteiger partial charge in [-0.15, -0.1) is 0 Å². The van der Waals surface area contributed by atoms with Gasteiger partial charge in [-0.2, -0.15) is 0 Å². The van der Waals surface area contributed by atoms with Crippen molar-refractivity contribution in [2.75, 3.05) is 23.5 Å². The molecule has 0 aromatic heterocycles. The minimum absolute atomic E-state index is 0.0243. The largest absolute Gasteiger partial charge is 0.495 e. The summed E-state index contributed by atoms with van der Waals surface area (Å²) in [4.78, 5) is 30.6. The Balaban J connectivity index is 1.87. The van der Waals surface area contributed by atoms with E-state index in [-0.39, 0.29) is 18.4 Å². The molecule has 158 valence electrons. The van der Waals surface area contributed by atoms with Gasteiger partial charge in [-0.1, -0.05) is 54.1 Å². The Kier molecular flexibility index (Phi) is 5.51. The first kappa shape index (κ1) is 20.7. The molecule has 1 fully saturated rings. The molecule has 1 heterocycles. The van der Waals surface area contributed by atoms with E-state index in [9.17, 15) is 9.59 Å². The molecule has 0 aliphatic carbocycles. The number of rotatable bonds is 4. The number of para-hydroxylation sites is 2. The van der Waals surface area contributed by atoms with Gasteiger partial charge >= 0.3 is 0 Å². The number of benzene rings is 3. The first-order chi connectivity index (χ1) is 14.9. The van der Waals surface area contributed by atoms with E-state index in [1.165, 1.54) is 0 Å². The summed E-state index contributed by atoms with van der Waals surface area (Å²) in [7, 11) is 1.57. The van der Waals surface area contributed by atoms with Gasteiger partial charge in [0.2, 0.25) is 5.91 Å². The van der Waals surface area contributed by atoms with Crippen LogP contribution in [-0.2, 0) is 9.59 Å². The van der Waals surface area contributed by atoms with E-state index in [4.69, 9.17) is 4.74 Å². The van der Waals surface area contributed by atoms with Crippen LogP contribution in [0.2, 0.25) is 0 Å². The van der Waals surface area contributed by atoms with Gasteiger partial charge in [0.15, 0.2) is 0 Å². The van der Waals surface area contributed by atoms with E-state index in [0.29, 0.717) is 11.4 Å². The SMILES string of the molecule is COc1ccccc1N1C(=O)CN(c2cccc(C)c2C)C(=O)[C@H]1c1ccc(C)cc1. The fourth-order valence-electron chi connectivity index (χ4n) is 4.07. The molecule has 3 aromatic carbocycles. The maximum absolute atomic E-state index is 13.9. The minimum atomic E-state index is -0.780. The second kappa shape index (κ2) is 8.26. The number of aryl methyl sites for hydroxylation is 2. The van der Waals surface area contributed by atoms with Crippen LogP contribution in [0.1, 0.15) is 28.3 Å². The lowest BCUT2D eigenvalue weighted by atomic mass is 9.97. The molecule has 4 rings (SSSR count). The molecule has 1 atom stereocenters. The molecular weight excluding hydrogens is 388 g/mol. The molecule has 2 amide bonds. The van der Waals surface area contributed by atoms with Gasteiger partial charge in [-0.25, -0.2) is 0 Å². The number of hydrogen-bond donors (Lipinski definition) is 0. The number of carbonyl (C=O) groups is 2. The van der Waals surface area contributed by atoms with Crippen molar-refractivity contribution in [3.05, 3.63) is 89.0 Å². The standard InChI is InChI=1S/C26H26N2O3/c1-17-12-14-20(15-13-17)25-26(30)27(21-10-7-8-18(2)19(21)3)16-24(29)28(25)22-9-5-6-11-23(22)31-4/h5-15,25H,16H2,1-4H3/t25-/m1/s1. The molecular formula is C26H26N2O3. The summed E-state index contributed by atoms with van der Waals surface area (Å²) in [6.07, 6.45) is 0. The van der Waals surface area contributed by atoms with Gasteiger partial charge in [0, 0.05) is 5.69 Å². The van der Waals surface area contributed by atoms with Crippen molar-refractivity contribution in [2.45, 2.75) is 26.8 Å². The monoisotopic (exact) mass is 414 g/mol. The third-order valence-electron chi connectivity index (χ3n) is 5.92. The molecule has 0 radical (unpaired) electrons. The van der Waals surface area contributed by atoms with Crippen molar-refractivity contribution in [2.24, 2.45) is 0 Å². The quantitative estimate of drug-likeness (QED) is 0.620. The fraction of sp³-hybridized carbons (Fsp3) is 0.231. The fourth-order valence-corrected chi connectivity index (χ4v) is 4.07. The van der Waals surface area contributed by atoms with Crippen LogP contribution in [-0.4, -0.2) is 25.5 Å². The molecule has 1 saturated heterocycles. The molecule has 1 aliphatic rings. The summed E-state index contributed by atoms with van der Waals surface area (Å²) in [5.41, 5.74) is 5.30. The average molecular weight is 415 g/mol. The number of hydrogen-bond acceptors (Lipinski definition) is 3. The van der Waals surface area contributed by atoms with Gasteiger partial charge < -0.3 is 9.64 Å². The first-order valence-corrected chi connectivity index (χ1v) is 10.3. The highest BCUT2D eigenvalue weighted by atomic mass is 16.5. The lowest BCUT2D eigenvalue weighted by Crippen LogP contribution is -2.56. The number of carbonyl (C=O) groups excluding carboxylic acids is 2. The van der Waals surface area contributed by atoms with Crippen LogP contribution in [0.15, 0.2) is 66.7 Å². The lowest BCUT2D eigenvalue weighted by molar-refractivity contribution is -0.128. The van der Waals surface area contributed by atoms with E-state index in [0.717, 1.165) is 27.9 Å². The van der Waals surface area contributed by atoms with Crippen LogP contribution in [0, 0.1) is 20.8 Å². The molecule has 0 N–H and O–H groups in total. The predicted octanol–water partition coefficient (Wildman–Crippen LogP) is 4.74. The van der Waals surface area contributed by atoms with Crippen LogP contribution < -0.4 is 14.5 Å². The Hall–Kier alpha value is -3.60. The first-order valence-electron chi connectivity index (χ1n) is 10.3. The number of amides is 2. The van der Waals surface area contributed by atoms with Crippen LogP contribution in [0.4, 0.5) is 11.4 Å². The zero-order valence-corrected chi connectivity index (χ0v) is 18.3. The summed E-state index contributed by atoms with van der Waals surface area (Å²) < 4.78 is 5.51.